The van der Waals surface area contributed by atoms with Crippen LogP contribution >= 0.6 is 15.9 Å². The summed E-state index contributed by atoms with van der Waals surface area (Å²) in [5, 5.41) is 5.75. The summed E-state index contributed by atoms with van der Waals surface area (Å²) in [7, 11) is 0. The minimum Gasteiger partial charge on any atom is -0.373 e. The number of carbonyl (C=O) groups is 3. The molecule has 128 valence electrons. The van der Waals surface area contributed by atoms with Crippen molar-refractivity contribution in [3.8, 4) is 0 Å². The molecule has 2 aromatic carbocycles. The average Bonchev–Trinajstić information content (AvgIpc) is 2.84. The van der Waals surface area contributed by atoms with Gasteiger partial charge in [-0.3, -0.25) is 14.4 Å². The first-order valence-corrected chi connectivity index (χ1v) is 8.50. The van der Waals surface area contributed by atoms with Crippen LogP contribution in [0.2, 0.25) is 0 Å². The van der Waals surface area contributed by atoms with E-state index in [0.717, 1.165) is 4.47 Å². The van der Waals surface area contributed by atoms with Gasteiger partial charge in [0.1, 0.15) is 6.04 Å². The molecule has 1 heterocycles. The van der Waals surface area contributed by atoms with Crippen molar-refractivity contribution < 1.29 is 14.4 Å². The highest BCUT2D eigenvalue weighted by Crippen LogP contribution is 2.26. The molecule has 1 atom stereocenters. The Morgan fingerprint density at radius 1 is 1.04 bits per heavy atom. The molecule has 3 amide bonds. The normalized spacial score (nSPS) is 16.9. The first-order valence-electron chi connectivity index (χ1n) is 7.70. The highest BCUT2D eigenvalue weighted by Gasteiger charge is 2.39. The Balaban J connectivity index is 1.71. The van der Waals surface area contributed by atoms with Crippen molar-refractivity contribution in [2.75, 3.05) is 15.5 Å². The van der Waals surface area contributed by atoms with Crippen LogP contribution in [0.25, 0.3) is 0 Å². The lowest BCUT2D eigenvalue weighted by Gasteiger charge is -2.16. The number of benzene rings is 2. The predicted octanol–water partition coefficient (Wildman–Crippen LogP) is 3.15. The highest BCUT2D eigenvalue weighted by molar-refractivity contribution is 9.10. The Hall–Kier alpha value is -2.67. The van der Waals surface area contributed by atoms with E-state index >= 15 is 0 Å². The molecular formula is C18H16BrN3O3. The number of carbonyl (C=O) groups excluding carboxylic acids is 3. The van der Waals surface area contributed by atoms with Crippen LogP contribution in [0, 0.1) is 0 Å². The Morgan fingerprint density at radius 3 is 2.24 bits per heavy atom. The zero-order valence-corrected chi connectivity index (χ0v) is 15.0. The summed E-state index contributed by atoms with van der Waals surface area (Å²) in [6.07, 6.45) is 0.0995. The minimum atomic E-state index is -0.609. The zero-order valence-electron chi connectivity index (χ0n) is 13.5. The van der Waals surface area contributed by atoms with Crippen LogP contribution in [-0.2, 0) is 14.4 Å². The quantitative estimate of drug-likeness (QED) is 0.771. The number of amides is 3. The number of nitrogens with zero attached hydrogens (tertiary/aromatic N) is 1. The van der Waals surface area contributed by atoms with Gasteiger partial charge in [0.05, 0.1) is 12.1 Å². The second-order valence-electron chi connectivity index (χ2n) is 5.70. The average molecular weight is 402 g/mol. The molecule has 1 saturated heterocycles. The van der Waals surface area contributed by atoms with Gasteiger partial charge in [-0.15, -0.1) is 0 Å². The number of hydrogen-bond acceptors (Lipinski definition) is 4. The Morgan fingerprint density at radius 2 is 1.64 bits per heavy atom. The Labute approximate surface area is 153 Å². The van der Waals surface area contributed by atoms with Crippen LogP contribution in [0.3, 0.4) is 0 Å². The summed E-state index contributed by atoms with van der Waals surface area (Å²) >= 11 is 3.33. The lowest BCUT2D eigenvalue weighted by Crippen LogP contribution is -2.34. The first kappa shape index (κ1) is 17.2. The maximum absolute atomic E-state index is 12.6. The van der Waals surface area contributed by atoms with Gasteiger partial charge in [0.2, 0.25) is 11.8 Å². The summed E-state index contributed by atoms with van der Waals surface area (Å²) in [6.45, 7) is 1.44. The second-order valence-corrected chi connectivity index (χ2v) is 6.62. The number of hydrogen-bond donors (Lipinski definition) is 2. The molecule has 0 saturated carbocycles. The standard InChI is InChI=1S/C18H16BrN3O3/c1-11(23)20-13-4-6-14(7-5-13)21-16-10-17(24)22(18(16)25)15-8-2-12(19)3-9-15/h2-9,16,21H,10H2,1H3,(H,20,23)/t16-/m0/s1. The third-order valence-electron chi connectivity index (χ3n) is 3.78. The molecule has 0 unspecified atom stereocenters. The Kier molecular flexibility index (Phi) is 4.85. The lowest BCUT2D eigenvalue weighted by atomic mass is 10.2. The molecule has 0 aliphatic carbocycles. The van der Waals surface area contributed by atoms with E-state index in [1.165, 1.54) is 11.8 Å². The largest absolute Gasteiger partial charge is 0.373 e. The van der Waals surface area contributed by atoms with Crippen LogP contribution < -0.4 is 15.5 Å². The number of rotatable bonds is 4. The van der Waals surface area contributed by atoms with Gasteiger partial charge in [-0.25, -0.2) is 4.90 Å². The predicted molar refractivity (Wildman–Crippen MR) is 99.4 cm³/mol. The van der Waals surface area contributed by atoms with E-state index in [9.17, 15) is 14.4 Å². The van der Waals surface area contributed by atoms with Crippen LogP contribution in [0.1, 0.15) is 13.3 Å². The topological polar surface area (TPSA) is 78.5 Å². The number of halogens is 1. The lowest BCUT2D eigenvalue weighted by molar-refractivity contribution is -0.121. The summed E-state index contributed by atoms with van der Waals surface area (Å²) in [6, 6.07) is 13.4. The molecule has 0 bridgehead atoms. The molecule has 0 spiro atoms. The first-order chi connectivity index (χ1) is 11.9. The van der Waals surface area contributed by atoms with E-state index in [-0.39, 0.29) is 24.1 Å². The summed E-state index contributed by atoms with van der Waals surface area (Å²) < 4.78 is 0.879. The van der Waals surface area contributed by atoms with Crippen LogP contribution in [0.15, 0.2) is 53.0 Å². The van der Waals surface area contributed by atoms with Crippen molar-refractivity contribution >= 4 is 50.7 Å². The third-order valence-corrected chi connectivity index (χ3v) is 4.31. The van der Waals surface area contributed by atoms with E-state index in [1.807, 2.05) is 0 Å². The fraction of sp³-hybridized carbons (Fsp3) is 0.167. The summed E-state index contributed by atoms with van der Waals surface area (Å²) in [4.78, 5) is 37.1. The van der Waals surface area contributed by atoms with Crippen molar-refractivity contribution in [3.63, 3.8) is 0 Å². The van der Waals surface area contributed by atoms with Gasteiger partial charge in [0.25, 0.3) is 5.91 Å². The third kappa shape index (κ3) is 3.88. The van der Waals surface area contributed by atoms with Crippen LogP contribution in [0.5, 0.6) is 0 Å². The smallest absolute Gasteiger partial charge is 0.256 e. The summed E-state index contributed by atoms with van der Waals surface area (Å²) in [5.74, 6) is -0.666. The van der Waals surface area contributed by atoms with Crippen LogP contribution in [-0.4, -0.2) is 23.8 Å². The number of anilines is 3. The molecule has 0 aromatic heterocycles. The SMILES string of the molecule is CC(=O)Nc1ccc(N[C@H]2CC(=O)N(c3ccc(Br)cc3)C2=O)cc1. The fourth-order valence-corrected chi connectivity index (χ4v) is 2.92. The molecule has 2 N–H and O–H groups in total. The van der Waals surface area contributed by atoms with Crippen LogP contribution in [0.4, 0.5) is 17.1 Å². The van der Waals surface area contributed by atoms with Gasteiger partial charge in [-0.05, 0) is 48.5 Å². The van der Waals surface area contributed by atoms with E-state index in [1.54, 1.807) is 48.5 Å². The van der Waals surface area contributed by atoms with Crippen molar-refractivity contribution in [2.45, 2.75) is 19.4 Å². The highest BCUT2D eigenvalue weighted by atomic mass is 79.9. The van der Waals surface area contributed by atoms with Gasteiger partial charge in [0.15, 0.2) is 0 Å². The van der Waals surface area contributed by atoms with Crippen molar-refractivity contribution in [3.05, 3.63) is 53.0 Å². The number of imide groups is 1. The van der Waals surface area contributed by atoms with Gasteiger partial charge >= 0.3 is 0 Å². The maximum Gasteiger partial charge on any atom is 0.256 e. The van der Waals surface area contributed by atoms with Gasteiger partial charge < -0.3 is 10.6 Å². The molecule has 2 aromatic rings. The molecule has 3 rings (SSSR count). The zero-order chi connectivity index (χ0) is 18.0. The van der Waals surface area contributed by atoms with Crippen molar-refractivity contribution in [1.29, 1.82) is 0 Å². The minimum absolute atomic E-state index is 0.0995. The second kappa shape index (κ2) is 7.06. The molecule has 6 nitrogen and oxygen atoms in total. The maximum atomic E-state index is 12.6. The van der Waals surface area contributed by atoms with E-state index in [0.29, 0.717) is 17.1 Å². The molecule has 0 radical (unpaired) electrons. The van der Waals surface area contributed by atoms with Crippen molar-refractivity contribution in [2.24, 2.45) is 0 Å². The van der Waals surface area contributed by atoms with Gasteiger partial charge in [-0.2, -0.15) is 0 Å². The molecule has 25 heavy (non-hydrogen) atoms. The monoisotopic (exact) mass is 401 g/mol. The molecule has 1 aliphatic rings. The molecule has 7 heteroatoms. The van der Waals surface area contributed by atoms with E-state index in [4.69, 9.17) is 0 Å². The Bertz CT molecular complexity index is 818. The van der Waals surface area contributed by atoms with Gasteiger partial charge in [-0.1, -0.05) is 15.9 Å². The van der Waals surface area contributed by atoms with Gasteiger partial charge in [0, 0.05) is 22.8 Å². The van der Waals surface area contributed by atoms with Crippen molar-refractivity contribution in [1.82, 2.24) is 0 Å². The van der Waals surface area contributed by atoms with E-state index < -0.39 is 6.04 Å². The molecular weight excluding hydrogens is 386 g/mol. The molecule has 1 fully saturated rings. The fourth-order valence-electron chi connectivity index (χ4n) is 2.66. The number of nitrogens with one attached hydrogen (secondary N) is 2. The molecule has 1 aliphatic heterocycles. The van der Waals surface area contributed by atoms with E-state index in [2.05, 4.69) is 26.6 Å². The summed E-state index contributed by atoms with van der Waals surface area (Å²) in [5.41, 5.74) is 1.93.